The number of fused-ring (bicyclic) bond motifs is 6. The summed E-state index contributed by atoms with van der Waals surface area (Å²) in [6.45, 7) is 3.10. The fourth-order valence-corrected chi connectivity index (χ4v) is 5.00. The van der Waals surface area contributed by atoms with E-state index >= 15 is 4.39 Å². The summed E-state index contributed by atoms with van der Waals surface area (Å²) in [5, 5.41) is 16.6. The third-order valence-corrected chi connectivity index (χ3v) is 7.09. The average Bonchev–Trinajstić information content (AvgIpc) is 3.38. The van der Waals surface area contributed by atoms with Gasteiger partial charge < -0.3 is 24.8 Å². The highest BCUT2D eigenvalue weighted by Crippen LogP contribution is 2.37. The number of pyridine rings is 2. The third-order valence-electron chi connectivity index (χ3n) is 7.09. The Hall–Kier alpha value is -5.27. The van der Waals surface area contributed by atoms with Crippen molar-refractivity contribution in [2.45, 2.75) is 13.0 Å². The lowest BCUT2D eigenvalue weighted by atomic mass is 10.1. The summed E-state index contributed by atoms with van der Waals surface area (Å²) in [4.78, 5) is 32.6. The zero-order valence-corrected chi connectivity index (χ0v) is 21.2. The first-order chi connectivity index (χ1) is 19.4. The molecule has 2 aliphatic heterocycles. The topological polar surface area (TPSA) is 143 Å². The number of hydrogen-bond donors (Lipinski definition) is 2. The molecule has 2 aliphatic rings. The molecule has 1 saturated heterocycles. The lowest BCUT2D eigenvalue weighted by molar-refractivity contribution is 0.101. The van der Waals surface area contributed by atoms with Crippen molar-refractivity contribution in [3.05, 3.63) is 60.6 Å². The molecular weight excluding hydrogens is 521 g/mol. The van der Waals surface area contributed by atoms with Crippen molar-refractivity contribution in [2.75, 3.05) is 36.5 Å². The Morgan fingerprint density at radius 3 is 2.95 bits per heavy atom. The third kappa shape index (κ3) is 4.00. The van der Waals surface area contributed by atoms with Gasteiger partial charge in [-0.15, -0.1) is 0 Å². The number of rotatable bonds is 4. The molecule has 1 fully saturated rings. The summed E-state index contributed by atoms with van der Waals surface area (Å²) in [6.07, 6.45) is 3.55. The Bertz CT molecular complexity index is 1800. The zero-order chi connectivity index (χ0) is 27.4. The molecule has 2 bridgehead atoms. The van der Waals surface area contributed by atoms with Gasteiger partial charge in [-0.1, -0.05) is 0 Å². The maximum atomic E-state index is 15.5. The fraction of sp³-hybridized carbons (Fsp3) is 0.231. The van der Waals surface area contributed by atoms with Crippen LogP contribution in [-0.2, 0) is 0 Å². The summed E-state index contributed by atoms with van der Waals surface area (Å²) >= 11 is 0. The summed E-state index contributed by atoms with van der Waals surface area (Å²) < 4.78 is 29.0. The van der Waals surface area contributed by atoms with Crippen molar-refractivity contribution in [2.24, 2.45) is 0 Å². The van der Waals surface area contributed by atoms with Crippen molar-refractivity contribution >= 4 is 40.1 Å². The molecule has 0 spiro atoms. The molecule has 40 heavy (non-hydrogen) atoms. The molecule has 0 radical (unpaired) electrons. The van der Waals surface area contributed by atoms with E-state index in [1.54, 1.807) is 48.0 Å². The molecule has 1 aromatic carbocycles. The second kappa shape index (κ2) is 9.18. The van der Waals surface area contributed by atoms with Crippen LogP contribution in [0.1, 0.15) is 5.56 Å². The largest absolute Gasteiger partial charge is 0.487 e. The van der Waals surface area contributed by atoms with Gasteiger partial charge in [0.2, 0.25) is 0 Å². The Balaban J connectivity index is 1.19. The maximum Gasteiger partial charge on any atom is 0.407 e. The van der Waals surface area contributed by atoms with Crippen LogP contribution >= 0.6 is 0 Å². The van der Waals surface area contributed by atoms with Crippen LogP contribution in [0.15, 0.2) is 49.2 Å². The molecule has 4 aromatic heterocycles. The van der Waals surface area contributed by atoms with Gasteiger partial charge in [-0.3, -0.25) is 4.90 Å². The number of amides is 1. The normalized spacial score (nSPS) is 16.4. The number of nitrogens with one attached hydrogen (secondary N) is 1. The first kappa shape index (κ1) is 23.8. The molecule has 0 unspecified atom stereocenters. The summed E-state index contributed by atoms with van der Waals surface area (Å²) in [5.74, 6) is 1.77. The number of anilines is 3. The van der Waals surface area contributed by atoms with Crippen LogP contribution in [0, 0.1) is 12.7 Å². The molecule has 202 valence electrons. The van der Waals surface area contributed by atoms with Crippen molar-refractivity contribution in [3.63, 3.8) is 0 Å². The summed E-state index contributed by atoms with van der Waals surface area (Å²) in [6, 6.07) is 8.12. The van der Waals surface area contributed by atoms with Gasteiger partial charge in [-0.05, 0) is 25.1 Å². The minimum Gasteiger partial charge on any atom is -0.487 e. The van der Waals surface area contributed by atoms with E-state index in [1.807, 2.05) is 4.90 Å². The number of carboxylic acid groups (broad SMARTS) is 1. The number of benzene rings is 1. The van der Waals surface area contributed by atoms with Gasteiger partial charge in [0, 0.05) is 43.5 Å². The minimum atomic E-state index is -0.972. The van der Waals surface area contributed by atoms with Crippen LogP contribution in [-0.4, -0.2) is 77.9 Å². The Kier molecular flexibility index (Phi) is 5.47. The van der Waals surface area contributed by atoms with Gasteiger partial charge in [0.15, 0.2) is 28.8 Å². The summed E-state index contributed by atoms with van der Waals surface area (Å²) in [7, 11) is 0. The number of piperazine rings is 1. The van der Waals surface area contributed by atoms with Gasteiger partial charge in [-0.25, -0.2) is 33.6 Å². The van der Waals surface area contributed by atoms with Crippen molar-refractivity contribution in [1.29, 1.82) is 0 Å². The molecular formula is C26H22FN9O4. The standard InChI is InChI=1S/C26H22FN9O4/c1-14-19(40-16-4-5-36-21(8-16)29-13-31-36)3-2-17(22(14)27)32-24-23-18(28-12-30-24)9-20-25(33-23)34-6-7-35(26(37)38)15(10-34)11-39-20/h2-5,8-9,12-13,15H,6-7,10-11H2,1H3,(H,37,38)(H,28,30,32)/t15-/m0/s1. The lowest BCUT2D eigenvalue weighted by Gasteiger charge is -2.37. The Labute approximate surface area is 225 Å². The molecule has 6 heterocycles. The first-order valence-electron chi connectivity index (χ1n) is 12.5. The van der Waals surface area contributed by atoms with E-state index in [0.29, 0.717) is 70.8 Å². The molecule has 13 nitrogen and oxygen atoms in total. The van der Waals surface area contributed by atoms with Crippen LogP contribution in [0.2, 0.25) is 0 Å². The molecule has 0 aliphatic carbocycles. The first-order valence-corrected chi connectivity index (χ1v) is 12.5. The van der Waals surface area contributed by atoms with E-state index in [0.717, 1.165) is 0 Å². The lowest BCUT2D eigenvalue weighted by Crippen LogP contribution is -2.56. The van der Waals surface area contributed by atoms with Crippen molar-refractivity contribution in [1.82, 2.24) is 34.4 Å². The van der Waals surface area contributed by atoms with Crippen LogP contribution in [0.5, 0.6) is 17.2 Å². The highest BCUT2D eigenvalue weighted by Gasteiger charge is 2.35. The molecule has 1 amide bonds. The van der Waals surface area contributed by atoms with E-state index in [2.05, 4.69) is 25.4 Å². The average molecular weight is 544 g/mol. The molecule has 1 atom stereocenters. The summed E-state index contributed by atoms with van der Waals surface area (Å²) in [5.41, 5.74) is 2.05. The number of hydrogen-bond acceptors (Lipinski definition) is 10. The van der Waals surface area contributed by atoms with Crippen LogP contribution < -0.4 is 19.7 Å². The zero-order valence-electron chi connectivity index (χ0n) is 21.2. The predicted molar refractivity (Wildman–Crippen MR) is 141 cm³/mol. The van der Waals surface area contributed by atoms with E-state index < -0.39 is 11.9 Å². The van der Waals surface area contributed by atoms with E-state index in [-0.39, 0.29) is 18.3 Å². The van der Waals surface area contributed by atoms with Gasteiger partial charge in [0.25, 0.3) is 0 Å². The van der Waals surface area contributed by atoms with Gasteiger partial charge in [-0.2, -0.15) is 5.10 Å². The van der Waals surface area contributed by atoms with Gasteiger partial charge >= 0.3 is 6.09 Å². The van der Waals surface area contributed by atoms with Gasteiger partial charge in [0.05, 0.1) is 17.2 Å². The van der Waals surface area contributed by atoms with Crippen LogP contribution in [0.4, 0.5) is 26.5 Å². The van der Waals surface area contributed by atoms with Gasteiger partial charge in [0.1, 0.15) is 36.3 Å². The second-order valence-corrected chi connectivity index (χ2v) is 9.49. The quantitative estimate of drug-likeness (QED) is 0.343. The Morgan fingerprint density at radius 2 is 2.08 bits per heavy atom. The van der Waals surface area contributed by atoms with E-state index in [4.69, 9.17) is 14.5 Å². The minimum absolute atomic E-state index is 0.195. The monoisotopic (exact) mass is 543 g/mol. The van der Waals surface area contributed by atoms with E-state index in [9.17, 15) is 9.90 Å². The fourth-order valence-electron chi connectivity index (χ4n) is 5.00. The molecule has 14 heteroatoms. The molecule has 7 rings (SSSR count). The predicted octanol–water partition coefficient (Wildman–Crippen LogP) is 3.61. The molecule has 0 saturated carbocycles. The SMILES string of the molecule is Cc1c(Oc2ccn3ncnc3c2)ccc(Nc2ncnc3cc4c(nc23)N2CCN(C(=O)O)[C@H](CO4)C2)c1F. The van der Waals surface area contributed by atoms with Crippen molar-refractivity contribution < 1.29 is 23.8 Å². The second-order valence-electron chi connectivity index (χ2n) is 9.49. The number of halogens is 1. The number of ether oxygens (including phenoxy) is 2. The smallest absolute Gasteiger partial charge is 0.407 e. The Morgan fingerprint density at radius 1 is 1.18 bits per heavy atom. The van der Waals surface area contributed by atoms with Crippen LogP contribution in [0.25, 0.3) is 16.7 Å². The molecule has 2 N–H and O–H groups in total. The molecule has 5 aromatic rings. The van der Waals surface area contributed by atoms with E-state index in [1.165, 1.54) is 17.6 Å². The van der Waals surface area contributed by atoms with Crippen LogP contribution in [0.3, 0.4) is 0 Å². The highest BCUT2D eigenvalue weighted by molar-refractivity contribution is 5.90. The number of nitrogens with zero attached hydrogens (tertiary/aromatic N) is 8. The maximum absolute atomic E-state index is 15.5. The number of carbonyl (C=O) groups is 1. The number of aromatic nitrogens is 6. The van der Waals surface area contributed by atoms with Crippen molar-refractivity contribution in [3.8, 4) is 17.2 Å². The highest BCUT2D eigenvalue weighted by atomic mass is 19.1.